The number of benzene rings is 1. The lowest BCUT2D eigenvalue weighted by molar-refractivity contribution is 0.0914. The zero-order valence-corrected chi connectivity index (χ0v) is 15.7. The first-order valence-electron chi connectivity index (χ1n) is 8.35. The highest BCUT2D eigenvalue weighted by Gasteiger charge is 2.18. The second-order valence-corrected chi connectivity index (χ2v) is 7.18. The van der Waals surface area contributed by atoms with E-state index in [4.69, 9.17) is 4.74 Å². The largest absolute Gasteiger partial charge is 0.489 e. The zero-order valence-electron chi connectivity index (χ0n) is 15.7. The monoisotopic (exact) mass is 342 g/mol. The Morgan fingerprint density at radius 3 is 2.48 bits per heavy atom. The number of rotatable bonds is 5. The number of para-hydroxylation sites is 2. The van der Waals surface area contributed by atoms with E-state index in [0.29, 0.717) is 17.3 Å². The van der Waals surface area contributed by atoms with E-state index in [1.807, 2.05) is 58.9 Å². The highest BCUT2D eigenvalue weighted by molar-refractivity contribution is 5.93. The first-order chi connectivity index (χ1) is 11.6. The second-order valence-electron chi connectivity index (χ2n) is 7.18. The third-order valence-corrected chi connectivity index (χ3v) is 3.07. The summed E-state index contributed by atoms with van der Waals surface area (Å²) in [5.41, 5.74) is 0.782. The van der Waals surface area contributed by atoms with Crippen molar-refractivity contribution in [2.45, 2.75) is 53.2 Å². The van der Waals surface area contributed by atoms with Crippen LogP contribution in [0.15, 0.2) is 30.3 Å². The van der Waals surface area contributed by atoms with Gasteiger partial charge in [0.1, 0.15) is 23.1 Å². The number of nitrogens with zero attached hydrogens (tertiary/aromatic N) is 2. The van der Waals surface area contributed by atoms with Crippen molar-refractivity contribution in [1.82, 2.24) is 15.3 Å². The molecule has 6 heteroatoms. The molecule has 2 rings (SSSR count). The molecule has 0 saturated heterocycles. The number of aryl methyl sites for hydroxylation is 1. The van der Waals surface area contributed by atoms with Crippen molar-refractivity contribution in [3.05, 3.63) is 41.9 Å². The molecule has 0 atom stereocenters. The van der Waals surface area contributed by atoms with Crippen LogP contribution in [0.1, 0.15) is 50.9 Å². The molecule has 0 aliphatic carbocycles. The zero-order chi connectivity index (χ0) is 18.6. The quantitative estimate of drug-likeness (QED) is 0.863. The van der Waals surface area contributed by atoms with Crippen LogP contribution in [0.4, 0.5) is 11.5 Å². The molecule has 1 amide bonds. The van der Waals surface area contributed by atoms with Gasteiger partial charge in [0.2, 0.25) is 0 Å². The van der Waals surface area contributed by atoms with E-state index in [1.165, 1.54) is 0 Å². The van der Waals surface area contributed by atoms with Gasteiger partial charge in [-0.3, -0.25) is 4.79 Å². The molecule has 0 saturated carbocycles. The Morgan fingerprint density at radius 2 is 1.84 bits per heavy atom. The van der Waals surface area contributed by atoms with E-state index in [9.17, 15) is 4.79 Å². The minimum atomic E-state index is -0.332. The first-order valence-corrected chi connectivity index (χ1v) is 8.35. The summed E-state index contributed by atoms with van der Waals surface area (Å²) in [6.07, 6.45) is 0.0585. The number of aromatic nitrogens is 2. The van der Waals surface area contributed by atoms with E-state index in [2.05, 4.69) is 20.6 Å². The molecule has 0 spiro atoms. The van der Waals surface area contributed by atoms with Crippen LogP contribution in [0.3, 0.4) is 0 Å². The van der Waals surface area contributed by atoms with Crippen molar-refractivity contribution in [3.63, 3.8) is 0 Å². The van der Waals surface area contributed by atoms with Crippen molar-refractivity contribution in [2.75, 3.05) is 5.32 Å². The predicted molar refractivity (Wildman–Crippen MR) is 99.5 cm³/mol. The molecule has 1 aromatic carbocycles. The van der Waals surface area contributed by atoms with Crippen molar-refractivity contribution in [2.24, 2.45) is 0 Å². The Labute approximate surface area is 149 Å². The van der Waals surface area contributed by atoms with Crippen molar-refractivity contribution >= 4 is 17.4 Å². The second kappa shape index (κ2) is 7.51. The number of hydrogen-bond donors (Lipinski definition) is 2. The number of carbonyl (C=O) groups excluding carboxylic acids is 1. The minimum Gasteiger partial charge on any atom is -0.489 e. The van der Waals surface area contributed by atoms with E-state index in [1.54, 1.807) is 13.0 Å². The normalized spacial score (nSPS) is 11.3. The third-order valence-electron chi connectivity index (χ3n) is 3.07. The van der Waals surface area contributed by atoms with Gasteiger partial charge in [-0.15, -0.1) is 0 Å². The molecule has 0 aliphatic rings. The molecular formula is C19H26N4O2. The van der Waals surface area contributed by atoms with Gasteiger partial charge < -0.3 is 15.4 Å². The average molecular weight is 342 g/mol. The Balaban J connectivity index is 2.28. The third kappa shape index (κ3) is 5.74. The van der Waals surface area contributed by atoms with Crippen LogP contribution in [0, 0.1) is 6.92 Å². The van der Waals surface area contributed by atoms with E-state index >= 15 is 0 Å². The average Bonchev–Trinajstić information content (AvgIpc) is 2.46. The molecule has 0 unspecified atom stereocenters. The van der Waals surface area contributed by atoms with Gasteiger partial charge in [-0.25, -0.2) is 9.97 Å². The summed E-state index contributed by atoms with van der Waals surface area (Å²) < 4.78 is 5.81. The molecule has 0 fully saturated rings. The SMILES string of the molecule is Cc1nc(Nc2ccccc2OC(C)C)cc(C(=O)NC(C)(C)C)n1. The smallest absolute Gasteiger partial charge is 0.270 e. The number of ether oxygens (including phenoxy) is 1. The van der Waals surface area contributed by atoms with Crippen LogP contribution in [0.2, 0.25) is 0 Å². The molecule has 1 aromatic heterocycles. The summed E-state index contributed by atoms with van der Waals surface area (Å²) in [5, 5.41) is 6.13. The summed E-state index contributed by atoms with van der Waals surface area (Å²) in [6, 6.07) is 9.26. The van der Waals surface area contributed by atoms with Gasteiger partial charge in [-0.2, -0.15) is 0 Å². The summed E-state index contributed by atoms with van der Waals surface area (Å²) in [4.78, 5) is 21.0. The van der Waals surface area contributed by atoms with E-state index < -0.39 is 0 Å². The fourth-order valence-electron chi connectivity index (χ4n) is 2.22. The number of hydrogen-bond acceptors (Lipinski definition) is 5. The van der Waals surface area contributed by atoms with Crippen LogP contribution in [0.25, 0.3) is 0 Å². The lowest BCUT2D eigenvalue weighted by Crippen LogP contribution is -2.41. The fourth-order valence-corrected chi connectivity index (χ4v) is 2.22. The van der Waals surface area contributed by atoms with Gasteiger partial charge in [-0.1, -0.05) is 12.1 Å². The summed E-state index contributed by atoms with van der Waals surface area (Å²) in [6.45, 7) is 11.5. The van der Waals surface area contributed by atoms with Crippen LogP contribution in [-0.4, -0.2) is 27.5 Å². The van der Waals surface area contributed by atoms with Crippen molar-refractivity contribution < 1.29 is 9.53 Å². The van der Waals surface area contributed by atoms with Gasteiger partial charge in [0, 0.05) is 11.6 Å². The summed E-state index contributed by atoms with van der Waals surface area (Å²) >= 11 is 0. The van der Waals surface area contributed by atoms with Gasteiger partial charge in [0.05, 0.1) is 11.8 Å². The first kappa shape index (κ1) is 18.7. The maximum absolute atomic E-state index is 12.4. The number of nitrogens with one attached hydrogen (secondary N) is 2. The van der Waals surface area contributed by atoms with Crippen LogP contribution < -0.4 is 15.4 Å². The number of anilines is 2. The molecule has 25 heavy (non-hydrogen) atoms. The number of amides is 1. The molecular weight excluding hydrogens is 316 g/mol. The summed E-state index contributed by atoms with van der Waals surface area (Å²) in [7, 11) is 0. The molecule has 6 nitrogen and oxygen atoms in total. The van der Waals surface area contributed by atoms with Gasteiger partial charge in [0.25, 0.3) is 5.91 Å². The van der Waals surface area contributed by atoms with E-state index in [0.717, 1.165) is 11.4 Å². The van der Waals surface area contributed by atoms with Gasteiger partial charge in [0.15, 0.2) is 0 Å². The highest BCUT2D eigenvalue weighted by atomic mass is 16.5. The Bertz CT molecular complexity index is 751. The lowest BCUT2D eigenvalue weighted by Gasteiger charge is -2.20. The molecule has 1 heterocycles. The summed E-state index contributed by atoms with van der Waals surface area (Å²) in [5.74, 6) is 1.57. The fraction of sp³-hybridized carbons (Fsp3) is 0.421. The molecule has 0 bridgehead atoms. The van der Waals surface area contributed by atoms with Crippen LogP contribution >= 0.6 is 0 Å². The van der Waals surface area contributed by atoms with Crippen LogP contribution in [-0.2, 0) is 0 Å². The Morgan fingerprint density at radius 1 is 1.16 bits per heavy atom. The molecule has 0 aliphatic heterocycles. The minimum absolute atomic E-state index is 0.0585. The molecule has 134 valence electrons. The Hall–Kier alpha value is -2.63. The maximum atomic E-state index is 12.4. The maximum Gasteiger partial charge on any atom is 0.270 e. The van der Waals surface area contributed by atoms with E-state index in [-0.39, 0.29) is 17.6 Å². The van der Waals surface area contributed by atoms with Crippen LogP contribution in [0.5, 0.6) is 5.75 Å². The predicted octanol–water partition coefficient (Wildman–Crippen LogP) is 3.84. The molecule has 0 radical (unpaired) electrons. The lowest BCUT2D eigenvalue weighted by atomic mass is 10.1. The Kier molecular flexibility index (Phi) is 5.62. The van der Waals surface area contributed by atoms with Gasteiger partial charge >= 0.3 is 0 Å². The molecule has 2 aromatic rings. The number of carbonyl (C=O) groups is 1. The standard InChI is InChI=1S/C19H26N4O2/c1-12(2)25-16-10-8-7-9-14(16)22-17-11-15(20-13(3)21-17)18(24)23-19(4,5)6/h7-12H,1-6H3,(H,23,24)(H,20,21,22). The van der Waals surface area contributed by atoms with Crippen molar-refractivity contribution in [3.8, 4) is 5.75 Å². The topological polar surface area (TPSA) is 76.1 Å². The molecule has 2 N–H and O–H groups in total. The van der Waals surface area contributed by atoms with Crippen molar-refractivity contribution in [1.29, 1.82) is 0 Å². The highest BCUT2D eigenvalue weighted by Crippen LogP contribution is 2.27. The van der Waals surface area contributed by atoms with Gasteiger partial charge in [-0.05, 0) is 53.7 Å².